The lowest BCUT2D eigenvalue weighted by atomic mass is 10.0. The molecule has 244 valence electrons. The van der Waals surface area contributed by atoms with Crippen LogP contribution in [0.25, 0.3) is 0 Å². The third kappa shape index (κ3) is 19.2. The number of esters is 1. The Morgan fingerprint density at radius 1 is 0.636 bits per heavy atom. The fourth-order valence-corrected chi connectivity index (χ4v) is 5.38. The van der Waals surface area contributed by atoms with Crippen molar-refractivity contribution in [3.8, 4) is 0 Å². The Balaban J connectivity index is 1.59. The minimum absolute atomic E-state index is 0.0512. The zero-order valence-electron chi connectivity index (χ0n) is 27.3. The van der Waals surface area contributed by atoms with Gasteiger partial charge in [-0.2, -0.15) is 0 Å². The van der Waals surface area contributed by atoms with Crippen LogP contribution in [0, 0.1) is 0 Å². The van der Waals surface area contributed by atoms with Crippen LogP contribution in [0.5, 0.6) is 0 Å². The molecule has 0 unspecified atom stereocenters. The van der Waals surface area contributed by atoms with E-state index in [4.69, 9.17) is 4.74 Å². The van der Waals surface area contributed by atoms with Gasteiger partial charge in [0.05, 0.1) is 6.42 Å². The van der Waals surface area contributed by atoms with E-state index in [0.29, 0.717) is 6.54 Å². The second-order valence-corrected chi connectivity index (χ2v) is 12.1. The van der Waals surface area contributed by atoms with Gasteiger partial charge in [-0.25, -0.2) is 0 Å². The Labute approximate surface area is 267 Å². The standard InChI is InChI=1S/C38H58N2O4/c1-2-3-4-5-6-7-8-9-10-11-12-13-14-15-16-23-30-39-38(43)35(40-36(41)31-33-24-19-17-20-25-33)28-29-37(42)44-32-34-26-21-18-22-27-34/h17-22,24-27,35H,2-16,23,28-32H2,1H3,(H,39,43)(H,40,41)/t35-/m1/s1. The van der Waals surface area contributed by atoms with Gasteiger partial charge in [0.1, 0.15) is 12.6 Å². The average Bonchev–Trinajstić information content (AvgIpc) is 3.04. The highest BCUT2D eigenvalue weighted by atomic mass is 16.5. The molecule has 2 N–H and O–H groups in total. The summed E-state index contributed by atoms with van der Waals surface area (Å²) in [6, 6.07) is 18.1. The summed E-state index contributed by atoms with van der Waals surface area (Å²) in [5.41, 5.74) is 1.78. The van der Waals surface area contributed by atoms with Crippen LogP contribution in [0.3, 0.4) is 0 Å². The molecular weight excluding hydrogens is 548 g/mol. The highest BCUT2D eigenvalue weighted by molar-refractivity contribution is 5.88. The van der Waals surface area contributed by atoms with Crippen molar-refractivity contribution in [2.24, 2.45) is 0 Å². The fraction of sp³-hybridized carbons (Fsp3) is 0.605. The molecule has 0 radical (unpaired) electrons. The van der Waals surface area contributed by atoms with Gasteiger partial charge in [0.2, 0.25) is 11.8 Å². The van der Waals surface area contributed by atoms with Crippen LogP contribution in [-0.4, -0.2) is 30.4 Å². The third-order valence-corrected chi connectivity index (χ3v) is 8.07. The smallest absolute Gasteiger partial charge is 0.306 e. The zero-order chi connectivity index (χ0) is 31.5. The molecule has 2 amide bonds. The molecule has 44 heavy (non-hydrogen) atoms. The summed E-state index contributed by atoms with van der Waals surface area (Å²) in [5.74, 6) is -0.874. The minimum atomic E-state index is -0.781. The van der Waals surface area contributed by atoms with Crippen molar-refractivity contribution < 1.29 is 19.1 Å². The molecule has 0 aromatic heterocycles. The van der Waals surface area contributed by atoms with Crippen molar-refractivity contribution in [3.05, 3.63) is 71.8 Å². The van der Waals surface area contributed by atoms with Crippen LogP contribution >= 0.6 is 0 Å². The van der Waals surface area contributed by atoms with Gasteiger partial charge in [-0.15, -0.1) is 0 Å². The summed E-state index contributed by atoms with van der Waals surface area (Å²) < 4.78 is 5.37. The maximum absolute atomic E-state index is 13.0. The van der Waals surface area contributed by atoms with Crippen LogP contribution < -0.4 is 10.6 Å². The van der Waals surface area contributed by atoms with E-state index < -0.39 is 6.04 Å². The van der Waals surface area contributed by atoms with E-state index >= 15 is 0 Å². The molecule has 0 aliphatic heterocycles. The maximum atomic E-state index is 13.0. The number of benzene rings is 2. The molecular formula is C38H58N2O4. The molecule has 2 aromatic carbocycles. The van der Waals surface area contributed by atoms with Crippen molar-refractivity contribution in [1.29, 1.82) is 0 Å². The first-order chi connectivity index (χ1) is 21.6. The molecule has 0 spiro atoms. The van der Waals surface area contributed by atoms with Gasteiger partial charge in [0.15, 0.2) is 0 Å². The highest BCUT2D eigenvalue weighted by Gasteiger charge is 2.22. The molecule has 2 aromatic rings. The Morgan fingerprint density at radius 3 is 1.64 bits per heavy atom. The van der Waals surface area contributed by atoms with Crippen LogP contribution in [0.15, 0.2) is 60.7 Å². The molecule has 6 nitrogen and oxygen atoms in total. The van der Waals surface area contributed by atoms with E-state index in [2.05, 4.69) is 17.6 Å². The van der Waals surface area contributed by atoms with Crippen LogP contribution in [0.4, 0.5) is 0 Å². The second kappa shape index (κ2) is 25.2. The molecule has 0 saturated heterocycles. The van der Waals surface area contributed by atoms with E-state index in [9.17, 15) is 14.4 Å². The first kappa shape index (κ1) is 37.0. The highest BCUT2D eigenvalue weighted by Crippen LogP contribution is 2.14. The first-order valence-corrected chi connectivity index (χ1v) is 17.4. The van der Waals surface area contributed by atoms with Crippen molar-refractivity contribution in [1.82, 2.24) is 10.6 Å². The normalized spacial score (nSPS) is 11.6. The number of rotatable bonds is 26. The SMILES string of the molecule is CCCCCCCCCCCCCCCCCCNC(=O)[C@@H](CCC(=O)OCc1ccccc1)NC(=O)Cc1ccccc1. The van der Waals surface area contributed by atoms with Gasteiger partial charge in [0.25, 0.3) is 0 Å². The first-order valence-electron chi connectivity index (χ1n) is 17.4. The van der Waals surface area contributed by atoms with E-state index in [-0.39, 0.29) is 43.7 Å². The zero-order valence-corrected chi connectivity index (χ0v) is 27.3. The number of carbonyl (C=O) groups is 3. The quantitative estimate of drug-likeness (QED) is 0.0829. The molecule has 1 atom stereocenters. The van der Waals surface area contributed by atoms with Gasteiger partial charge in [-0.05, 0) is 24.0 Å². The van der Waals surface area contributed by atoms with Gasteiger partial charge in [-0.3, -0.25) is 14.4 Å². The number of carbonyl (C=O) groups excluding carboxylic acids is 3. The largest absolute Gasteiger partial charge is 0.461 e. The Morgan fingerprint density at radius 2 is 1.11 bits per heavy atom. The lowest BCUT2D eigenvalue weighted by Gasteiger charge is -2.18. The predicted molar refractivity (Wildman–Crippen MR) is 180 cm³/mol. The van der Waals surface area contributed by atoms with Gasteiger partial charge in [0, 0.05) is 13.0 Å². The van der Waals surface area contributed by atoms with Crippen molar-refractivity contribution in [2.45, 2.75) is 142 Å². The summed E-state index contributed by atoms with van der Waals surface area (Å²) >= 11 is 0. The molecule has 0 heterocycles. The minimum Gasteiger partial charge on any atom is -0.461 e. The van der Waals surface area contributed by atoms with Crippen molar-refractivity contribution >= 4 is 17.8 Å². The van der Waals surface area contributed by atoms with E-state index in [0.717, 1.165) is 24.0 Å². The summed E-state index contributed by atoms with van der Waals surface area (Å²) in [6.45, 7) is 3.03. The Hall–Kier alpha value is -3.15. The molecule has 0 bridgehead atoms. The van der Waals surface area contributed by atoms with E-state index in [1.807, 2.05) is 60.7 Å². The number of nitrogens with one attached hydrogen (secondary N) is 2. The van der Waals surface area contributed by atoms with Gasteiger partial charge in [-0.1, -0.05) is 164 Å². The monoisotopic (exact) mass is 606 g/mol. The second-order valence-electron chi connectivity index (χ2n) is 12.1. The van der Waals surface area contributed by atoms with Crippen LogP contribution in [-0.2, 0) is 32.1 Å². The van der Waals surface area contributed by atoms with Gasteiger partial charge >= 0.3 is 5.97 Å². The number of amides is 2. The Kier molecular flexibility index (Phi) is 21.2. The van der Waals surface area contributed by atoms with Crippen LogP contribution in [0.2, 0.25) is 0 Å². The lowest BCUT2D eigenvalue weighted by Crippen LogP contribution is -2.47. The Bertz CT molecular complexity index is 1010. The summed E-state index contributed by atoms with van der Waals surface area (Å²) in [5, 5.41) is 5.82. The number of hydrogen-bond acceptors (Lipinski definition) is 4. The molecule has 6 heteroatoms. The molecule has 0 aliphatic rings. The van der Waals surface area contributed by atoms with E-state index in [1.165, 1.54) is 89.9 Å². The van der Waals surface area contributed by atoms with Crippen LogP contribution in [0.1, 0.15) is 134 Å². The van der Waals surface area contributed by atoms with Crippen molar-refractivity contribution in [2.75, 3.05) is 6.54 Å². The summed E-state index contributed by atoms with van der Waals surface area (Å²) in [4.78, 5) is 38.1. The predicted octanol–water partition coefficient (Wildman–Crippen LogP) is 8.62. The molecule has 2 rings (SSSR count). The molecule has 0 fully saturated rings. The molecule has 0 saturated carbocycles. The van der Waals surface area contributed by atoms with E-state index in [1.54, 1.807) is 0 Å². The number of ether oxygens (including phenoxy) is 1. The topological polar surface area (TPSA) is 84.5 Å². The van der Waals surface area contributed by atoms with Crippen molar-refractivity contribution in [3.63, 3.8) is 0 Å². The summed E-state index contributed by atoms with van der Waals surface area (Å²) in [6.07, 6.45) is 21.3. The maximum Gasteiger partial charge on any atom is 0.306 e. The molecule has 0 aliphatic carbocycles. The number of unbranched alkanes of at least 4 members (excludes halogenated alkanes) is 15. The summed E-state index contributed by atoms with van der Waals surface area (Å²) in [7, 11) is 0. The fourth-order valence-electron chi connectivity index (χ4n) is 5.38. The third-order valence-electron chi connectivity index (χ3n) is 8.07. The average molecular weight is 607 g/mol. The number of hydrogen-bond donors (Lipinski definition) is 2. The van der Waals surface area contributed by atoms with Gasteiger partial charge < -0.3 is 15.4 Å². The lowest BCUT2D eigenvalue weighted by molar-refractivity contribution is -0.145.